The molecule has 21 heavy (non-hydrogen) atoms. The molecule has 0 saturated carbocycles. The maximum atomic E-state index is 13.8. The fourth-order valence-corrected chi connectivity index (χ4v) is 2.31. The Kier molecular flexibility index (Phi) is 5.28. The zero-order valence-corrected chi connectivity index (χ0v) is 12.7. The molecule has 112 valence electrons. The van der Waals surface area contributed by atoms with Gasteiger partial charge in [0.05, 0.1) is 7.11 Å². The minimum Gasteiger partial charge on any atom is -0.494 e. The molecule has 1 heterocycles. The number of methoxy groups -OCH3 is 1. The van der Waals surface area contributed by atoms with E-state index in [2.05, 4.69) is 23.3 Å². The van der Waals surface area contributed by atoms with E-state index in [-0.39, 0.29) is 17.6 Å². The van der Waals surface area contributed by atoms with Crippen LogP contribution in [0.1, 0.15) is 29.8 Å². The summed E-state index contributed by atoms with van der Waals surface area (Å²) in [5, 5.41) is 3.42. The van der Waals surface area contributed by atoms with E-state index in [1.54, 1.807) is 6.07 Å². The highest BCUT2D eigenvalue weighted by Gasteiger charge is 2.13. The zero-order valence-electron chi connectivity index (χ0n) is 12.7. The van der Waals surface area contributed by atoms with Gasteiger partial charge in [0.2, 0.25) is 0 Å². The van der Waals surface area contributed by atoms with Crippen LogP contribution in [0.25, 0.3) is 0 Å². The van der Waals surface area contributed by atoms with Crippen molar-refractivity contribution in [3.63, 3.8) is 0 Å². The summed E-state index contributed by atoms with van der Waals surface area (Å²) in [6.45, 7) is 4.87. The Labute approximate surface area is 125 Å². The van der Waals surface area contributed by atoms with Crippen molar-refractivity contribution in [2.45, 2.75) is 26.3 Å². The number of halogens is 1. The Hall–Kier alpha value is -1.94. The zero-order chi connectivity index (χ0) is 15.2. The Bertz CT molecular complexity index is 584. The molecule has 4 heteroatoms. The molecule has 0 fully saturated rings. The van der Waals surface area contributed by atoms with E-state index in [0.29, 0.717) is 6.42 Å². The number of ether oxygens (including phenoxy) is 1. The first-order valence-corrected chi connectivity index (χ1v) is 7.12. The van der Waals surface area contributed by atoms with Crippen molar-refractivity contribution in [1.29, 1.82) is 0 Å². The number of hydrogen-bond acceptors (Lipinski definition) is 3. The van der Waals surface area contributed by atoms with E-state index in [1.165, 1.54) is 13.2 Å². The van der Waals surface area contributed by atoms with Crippen molar-refractivity contribution in [2.75, 3.05) is 13.7 Å². The topological polar surface area (TPSA) is 34.1 Å². The molecule has 2 rings (SSSR count). The molecule has 0 aliphatic rings. The molecule has 0 saturated heterocycles. The van der Waals surface area contributed by atoms with Crippen LogP contribution in [0.4, 0.5) is 4.39 Å². The highest BCUT2D eigenvalue weighted by Crippen LogP contribution is 2.22. The van der Waals surface area contributed by atoms with Gasteiger partial charge in [-0.3, -0.25) is 4.98 Å². The van der Waals surface area contributed by atoms with Gasteiger partial charge < -0.3 is 10.1 Å². The number of pyridine rings is 1. The first-order valence-electron chi connectivity index (χ1n) is 7.12. The molecule has 0 amide bonds. The van der Waals surface area contributed by atoms with Crippen molar-refractivity contribution < 1.29 is 9.13 Å². The van der Waals surface area contributed by atoms with Gasteiger partial charge in [-0.15, -0.1) is 0 Å². The average molecular weight is 288 g/mol. The predicted octanol–water partition coefficient (Wildman–Crippen LogP) is 3.43. The summed E-state index contributed by atoms with van der Waals surface area (Å²) in [5.41, 5.74) is 3.03. The Balaban J connectivity index is 2.19. The lowest BCUT2D eigenvalue weighted by atomic mass is 9.99. The van der Waals surface area contributed by atoms with Crippen LogP contribution in [-0.2, 0) is 6.42 Å². The normalized spacial score (nSPS) is 12.2. The molecular formula is C17H21FN2O. The molecule has 1 atom stereocenters. The van der Waals surface area contributed by atoms with E-state index in [4.69, 9.17) is 4.74 Å². The summed E-state index contributed by atoms with van der Waals surface area (Å²) in [5.74, 6) is -0.0527. The van der Waals surface area contributed by atoms with E-state index in [9.17, 15) is 4.39 Å². The maximum absolute atomic E-state index is 13.8. The number of rotatable bonds is 6. The van der Waals surface area contributed by atoms with Crippen molar-refractivity contribution in [2.24, 2.45) is 0 Å². The molecule has 0 radical (unpaired) electrons. The third kappa shape index (κ3) is 4.02. The van der Waals surface area contributed by atoms with Crippen LogP contribution in [-0.4, -0.2) is 18.6 Å². The molecule has 0 aliphatic heterocycles. The summed E-state index contributed by atoms with van der Waals surface area (Å²) >= 11 is 0. The first-order chi connectivity index (χ1) is 10.1. The van der Waals surface area contributed by atoms with Gasteiger partial charge in [0.1, 0.15) is 0 Å². The van der Waals surface area contributed by atoms with Crippen LogP contribution in [0.5, 0.6) is 5.75 Å². The second-order valence-corrected chi connectivity index (χ2v) is 5.02. The minimum atomic E-state index is -0.327. The van der Waals surface area contributed by atoms with Crippen LogP contribution in [0.2, 0.25) is 0 Å². The number of aromatic nitrogens is 1. The second-order valence-electron chi connectivity index (χ2n) is 5.02. The van der Waals surface area contributed by atoms with E-state index in [0.717, 1.165) is 23.4 Å². The summed E-state index contributed by atoms with van der Waals surface area (Å²) in [6, 6.07) is 9.28. The molecule has 1 unspecified atom stereocenters. The number of nitrogens with one attached hydrogen (secondary N) is 1. The van der Waals surface area contributed by atoms with Crippen LogP contribution in [0, 0.1) is 12.7 Å². The standard InChI is InChI=1S/C17H21FN2O/c1-4-19-16(14-7-5-12(2)20-11-14)10-13-6-8-17(21-3)15(18)9-13/h5-9,11,16,19H,4,10H2,1-3H3. The lowest BCUT2D eigenvalue weighted by molar-refractivity contribution is 0.386. The van der Waals surface area contributed by atoms with Crippen LogP contribution < -0.4 is 10.1 Å². The molecule has 1 aromatic heterocycles. The average Bonchev–Trinajstić information content (AvgIpc) is 2.48. The number of nitrogens with zero attached hydrogens (tertiary/aromatic N) is 1. The fourth-order valence-electron chi connectivity index (χ4n) is 2.31. The van der Waals surface area contributed by atoms with E-state index >= 15 is 0 Å². The fraction of sp³-hybridized carbons (Fsp3) is 0.353. The molecule has 0 aliphatic carbocycles. The Morgan fingerprint density at radius 3 is 2.67 bits per heavy atom. The monoisotopic (exact) mass is 288 g/mol. The minimum absolute atomic E-state index is 0.121. The lowest BCUT2D eigenvalue weighted by Crippen LogP contribution is -2.23. The van der Waals surface area contributed by atoms with E-state index in [1.807, 2.05) is 25.3 Å². The van der Waals surface area contributed by atoms with Crippen molar-refractivity contribution in [3.8, 4) is 5.75 Å². The van der Waals surface area contributed by atoms with Gasteiger partial charge in [0, 0.05) is 17.9 Å². The van der Waals surface area contributed by atoms with Gasteiger partial charge in [0.15, 0.2) is 11.6 Å². The number of hydrogen-bond donors (Lipinski definition) is 1. The van der Waals surface area contributed by atoms with Crippen LogP contribution in [0.15, 0.2) is 36.5 Å². The van der Waals surface area contributed by atoms with Crippen LogP contribution in [0.3, 0.4) is 0 Å². The predicted molar refractivity (Wildman–Crippen MR) is 82.0 cm³/mol. The largest absolute Gasteiger partial charge is 0.494 e. The molecule has 1 aromatic carbocycles. The molecular weight excluding hydrogens is 267 g/mol. The molecule has 0 bridgehead atoms. The summed E-state index contributed by atoms with van der Waals surface area (Å²) < 4.78 is 18.7. The van der Waals surface area contributed by atoms with Gasteiger partial charge in [-0.2, -0.15) is 0 Å². The van der Waals surface area contributed by atoms with Gasteiger partial charge in [-0.1, -0.05) is 19.1 Å². The molecule has 0 spiro atoms. The quantitative estimate of drug-likeness (QED) is 0.884. The highest BCUT2D eigenvalue weighted by atomic mass is 19.1. The highest BCUT2D eigenvalue weighted by molar-refractivity contribution is 5.31. The molecule has 2 aromatic rings. The van der Waals surface area contributed by atoms with Crippen molar-refractivity contribution >= 4 is 0 Å². The SMILES string of the molecule is CCNC(Cc1ccc(OC)c(F)c1)c1ccc(C)nc1. The maximum Gasteiger partial charge on any atom is 0.165 e. The van der Waals surface area contributed by atoms with Gasteiger partial charge >= 0.3 is 0 Å². The Morgan fingerprint density at radius 2 is 2.10 bits per heavy atom. The van der Waals surface area contributed by atoms with Gasteiger partial charge in [-0.05, 0) is 49.2 Å². The summed E-state index contributed by atoms with van der Waals surface area (Å²) in [6.07, 6.45) is 2.59. The second kappa shape index (κ2) is 7.18. The van der Waals surface area contributed by atoms with Gasteiger partial charge in [-0.25, -0.2) is 4.39 Å². The van der Waals surface area contributed by atoms with E-state index < -0.39 is 0 Å². The molecule has 1 N–H and O–H groups in total. The third-order valence-electron chi connectivity index (χ3n) is 3.44. The van der Waals surface area contributed by atoms with Gasteiger partial charge in [0.25, 0.3) is 0 Å². The summed E-state index contributed by atoms with van der Waals surface area (Å²) in [4.78, 5) is 4.33. The van der Waals surface area contributed by atoms with Crippen LogP contribution >= 0.6 is 0 Å². The smallest absolute Gasteiger partial charge is 0.165 e. The van der Waals surface area contributed by atoms with Crippen molar-refractivity contribution in [3.05, 3.63) is 59.2 Å². The lowest BCUT2D eigenvalue weighted by Gasteiger charge is -2.18. The number of benzene rings is 1. The number of likely N-dealkylation sites (N-methyl/N-ethyl adjacent to an activating group) is 1. The summed E-state index contributed by atoms with van der Waals surface area (Å²) in [7, 11) is 1.47. The third-order valence-corrected chi connectivity index (χ3v) is 3.44. The van der Waals surface area contributed by atoms with Crippen molar-refractivity contribution in [1.82, 2.24) is 10.3 Å². The number of aryl methyl sites for hydroxylation is 1. The Morgan fingerprint density at radius 1 is 1.29 bits per heavy atom. The first kappa shape index (κ1) is 15.4. The molecule has 3 nitrogen and oxygen atoms in total.